The first-order valence-electron chi connectivity index (χ1n) is 5.41. The monoisotopic (exact) mass is 296 g/mol. The molecule has 2 aromatic rings. The van der Waals surface area contributed by atoms with E-state index in [1.165, 1.54) is 11.8 Å². The van der Waals surface area contributed by atoms with Crippen LogP contribution in [-0.4, -0.2) is 23.3 Å². The molecule has 0 aliphatic carbocycles. The van der Waals surface area contributed by atoms with Crippen LogP contribution in [0.5, 0.6) is 5.75 Å². The van der Waals surface area contributed by atoms with E-state index in [0.29, 0.717) is 27.6 Å². The van der Waals surface area contributed by atoms with E-state index < -0.39 is 0 Å². The fourth-order valence-electron chi connectivity index (χ4n) is 1.49. The van der Waals surface area contributed by atoms with E-state index in [2.05, 4.69) is 15.3 Å². The number of nitrogens with zero attached hydrogens (tertiary/aromatic N) is 2. The van der Waals surface area contributed by atoms with Crippen molar-refractivity contribution in [2.45, 2.75) is 5.16 Å². The van der Waals surface area contributed by atoms with Gasteiger partial charge in [-0.25, -0.2) is 9.97 Å². The average Bonchev–Trinajstić information content (AvgIpc) is 2.38. The lowest BCUT2D eigenvalue weighted by atomic mass is 10.3. The van der Waals surface area contributed by atoms with Gasteiger partial charge in [0.15, 0.2) is 5.16 Å². The van der Waals surface area contributed by atoms with Gasteiger partial charge < -0.3 is 15.8 Å². The van der Waals surface area contributed by atoms with Crippen molar-refractivity contribution < 1.29 is 4.74 Å². The molecule has 0 atom stereocenters. The van der Waals surface area contributed by atoms with Crippen LogP contribution in [0, 0.1) is 0 Å². The molecular formula is C12H13ClN4OS. The smallest absolute Gasteiger partial charge is 0.191 e. The Kier molecular flexibility index (Phi) is 4.34. The molecule has 1 heterocycles. The van der Waals surface area contributed by atoms with Gasteiger partial charge in [0.2, 0.25) is 0 Å². The Labute approximate surface area is 120 Å². The molecule has 1 aromatic carbocycles. The van der Waals surface area contributed by atoms with Gasteiger partial charge >= 0.3 is 0 Å². The fourth-order valence-corrected chi connectivity index (χ4v) is 2.13. The van der Waals surface area contributed by atoms with Crippen molar-refractivity contribution in [1.29, 1.82) is 0 Å². The molecule has 0 fully saturated rings. The highest BCUT2D eigenvalue weighted by Crippen LogP contribution is 2.29. The molecule has 2 rings (SSSR count). The van der Waals surface area contributed by atoms with Crippen molar-refractivity contribution in [3.8, 4) is 5.75 Å². The molecule has 0 unspecified atom stereocenters. The molecule has 0 aliphatic heterocycles. The molecule has 7 heteroatoms. The predicted molar refractivity (Wildman–Crippen MR) is 79.5 cm³/mol. The van der Waals surface area contributed by atoms with Gasteiger partial charge in [-0.2, -0.15) is 0 Å². The summed E-state index contributed by atoms with van der Waals surface area (Å²) < 4.78 is 5.10. The summed E-state index contributed by atoms with van der Waals surface area (Å²) in [7, 11) is 1.57. The standard InChI is InChI=1S/C12H13ClN4OS/c1-18-9-4-3-7(5-8(9)13)15-11-6-10(14)16-12(17-11)19-2/h3-6H,1-2H3,(H3,14,15,16,17). The van der Waals surface area contributed by atoms with Crippen molar-refractivity contribution >= 4 is 40.7 Å². The number of methoxy groups -OCH3 is 1. The third-order valence-electron chi connectivity index (χ3n) is 2.33. The summed E-state index contributed by atoms with van der Waals surface area (Å²) in [5, 5.41) is 4.27. The summed E-state index contributed by atoms with van der Waals surface area (Å²) in [6.07, 6.45) is 1.89. The van der Waals surface area contributed by atoms with Gasteiger partial charge in [0, 0.05) is 11.8 Å². The van der Waals surface area contributed by atoms with E-state index in [0.717, 1.165) is 5.69 Å². The third kappa shape index (κ3) is 3.42. The molecule has 1 aromatic heterocycles. The van der Waals surface area contributed by atoms with Crippen molar-refractivity contribution in [3.05, 3.63) is 29.3 Å². The highest BCUT2D eigenvalue weighted by molar-refractivity contribution is 7.98. The zero-order chi connectivity index (χ0) is 13.8. The first-order chi connectivity index (χ1) is 9.12. The van der Waals surface area contributed by atoms with Crippen LogP contribution in [0.25, 0.3) is 0 Å². The predicted octanol–water partition coefficient (Wildman–Crippen LogP) is 3.19. The second-order valence-corrected chi connectivity index (χ2v) is 4.82. The molecule has 0 bridgehead atoms. The van der Waals surface area contributed by atoms with Crippen LogP contribution >= 0.6 is 23.4 Å². The molecular weight excluding hydrogens is 284 g/mol. The van der Waals surface area contributed by atoms with Crippen molar-refractivity contribution in [3.63, 3.8) is 0 Å². The highest BCUT2D eigenvalue weighted by atomic mass is 35.5. The summed E-state index contributed by atoms with van der Waals surface area (Å²) in [5.41, 5.74) is 6.52. The minimum atomic E-state index is 0.418. The van der Waals surface area contributed by atoms with Crippen LogP contribution in [-0.2, 0) is 0 Å². The maximum atomic E-state index is 6.06. The molecule has 0 saturated heterocycles. The Hall–Kier alpha value is -1.66. The Morgan fingerprint density at radius 1 is 1.32 bits per heavy atom. The van der Waals surface area contributed by atoms with Crippen LogP contribution < -0.4 is 15.8 Å². The zero-order valence-electron chi connectivity index (χ0n) is 10.5. The van der Waals surface area contributed by atoms with E-state index >= 15 is 0 Å². The van der Waals surface area contributed by atoms with Gasteiger partial charge in [0.25, 0.3) is 0 Å². The normalized spacial score (nSPS) is 10.3. The number of benzene rings is 1. The van der Waals surface area contributed by atoms with Gasteiger partial charge in [-0.3, -0.25) is 0 Å². The third-order valence-corrected chi connectivity index (χ3v) is 3.18. The van der Waals surface area contributed by atoms with Crippen LogP contribution in [0.3, 0.4) is 0 Å². The number of hydrogen-bond donors (Lipinski definition) is 2. The van der Waals surface area contributed by atoms with Crippen molar-refractivity contribution in [1.82, 2.24) is 9.97 Å². The lowest BCUT2D eigenvalue weighted by Gasteiger charge is -2.09. The maximum absolute atomic E-state index is 6.06. The number of rotatable bonds is 4. The molecule has 0 amide bonds. The Bertz CT molecular complexity index is 594. The second-order valence-electron chi connectivity index (χ2n) is 3.64. The number of thioether (sulfide) groups is 1. The number of nitrogens with two attached hydrogens (primary N) is 1. The lowest BCUT2D eigenvalue weighted by molar-refractivity contribution is 0.415. The van der Waals surface area contributed by atoms with E-state index in [1.807, 2.05) is 12.3 Å². The second kappa shape index (κ2) is 5.99. The summed E-state index contributed by atoms with van der Waals surface area (Å²) >= 11 is 7.49. The minimum absolute atomic E-state index is 0.418. The minimum Gasteiger partial charge on any atom is -0.495 e. The van der Waals surface area contributed by atoms with Gasteiger partial charge in [0.1, 0.15) is 17.4 Å². The summed E-state index contributed by atoms with van der Waals surface area (Å²) in [6, 6.07) is 7.06. The fraction of sp³-hybridized carbons (Fsp3) is 0.167. The average molecular weight is 297 g/mol. The first-order valence-corrected chi connectivity index (χ1v) is 7.01. The zero-order valence-corrected chi connectivity index (χ0v) is 12.0. The molecule has 3 N–H and O–H groups in total. The van der Waals surface area contributed by atoms with E-state index in [4.69, 9.17) is 22.1 Å². The van der Waals surface area contributed by atoms with Crippen LogP contribution in [0.2, 0.25) is 5.02 Å². The molecule has 0 saturated carbocycles. The summed E-state index contributed by atoms with van der Waals surface area (Å²) in [4.78, 5) is 8.39. The highest BCUT2D eigenvalue weighted by Gasteiger charge is 2.05. The number of anilines is 3. The summed E-state index contributed by atoms with van der Waals surface area (Å²) in [6.45, 7) is 0. The van der Waals surface area contributed by atoms with E-state index in [1.54, 1.807) is 25.3 Å². The molecule has 0 radical (unpaired) electrons. The van der Waals surface area contributed by atoms with E-state index in [9.17, 15) is 0 Å². The van der Waals surface area contributed by atoms with Gasteiger partial charge in [0.05, 0.1) is 12.1 Å². The van der Waals surface area contributed by atoms with Gasteiger partial charge in [-0.15, -0.1) is 0 Å². The van der Waals surface area contributed by atoms with Crippen LogP contribution in [0.4, 0.5) is 17.3 Å². The van der Waals surface area contributed by atoms with Crippen molar-refractivity contribution in [2.75, 3.05) is 24.4 Å². The van der Waals surface area contributed by atoms with Crippen LogP contribution in [0.15, 0.2) is 29.4 Å². The first kappa shape index (κ1) is 13.8. The van der Waals surface area contributed by atoms with Crippen LogP contribution in [0.1, 0.15) is 0 Å². The molecule has 19 heavy (non-hydrogen) atoms. The summed E-state index contributed by atoms with van der Waals surface area (Å²) in [5.74, 6) is 1.67. The maximum Gasteiger partial charge on any atom is 0.191 e. The number of hydrogen-bond acceptors (Lipinski definition) is 6. The Morgan fingerprint density at radius 3 is 2.74 bits per heavy atom. The molecule has 0 spiro atoms. The van der Waals surface area contributed by atoms with Gasteiger partial charge in [-0.05, 0) is 24.5 Å². The topological polar surface area (TPSA) is 73.1 Å². The number of ether oxygens (including phenoxy) is 1. The van der Waals surface area contributed by atoms with E-state index in [-0.39, 0.29) is 0 Å². The molecule has 100 valence electrons. The quantitative estimate of drug-likeness (QED) is 0.667. The molecule has 0 aliphatic rings. The number of nitrogen functional groups attached to an aromatic ring is 1. The Balaban J connectivity index is 2.25. The number of nitrogens with one attached hydrogen (secondary N) is 1. The SMILES string of the molecule is COc1ccc(Nc2cc(N)nc(SC)n2)cc1Cl. The lowest BCUT2D eigenvalue weighted by Crippen LogP contribution is -2.00. The largest absolute Gasteiger partial charge is 0.495 e. The molecule has 5 nitrogen and oxygen atoms in total. The number of aromatic nitrogens is 2. The Morgan fingerprint density at radius 2 is 2.11 bits per heavy atom. The number of halogens is 1. The van der Waals surface area contributed by atoms with Gasteiger partial charge in [-0.1, -0.05) is 23.4 Å². The van der Waals surface area contributed by atoms with Crippen molar-refractivity contribution in [2.24, 2.45) is 0 Å².